The molecule has 0 saturated carbocycles. The van der Waals surface area contributed by atoms with E-state index in [1.54, 1.807) is 0 Å². The van der Waals surface area contributed by atoms with Crippen molar-refractivity contribution in [1.29, 1.82) is 0 Å². The zero-order valence-corrected chi connectivity index (χ0v) is 20.9. The third-order valence-corrected chi connectivity index (χ3v) is 6.65. The van der Waals surface area contributed by atoms with Crippen molar-refractivity contribution in [2.45, 2.75) is 57.7 Å². The summed E-state index contributed by atoms with van der Waals surface area (Å²) in [5.74, 6) is 4.91. The van der Waals surface area contributed by atoms with Crippen molar-refractivity contribution in [2.24, 2.45) is 12.0 Å². The van der Waals surface area contributed by atoms with Gasteiger partial charge in [-0.15, -0.1) is 34.2 Å². The summed E-state index contributed by atoms with van der Waals surface area (Å²) >= 11 is 2.00. The standard InChI is InChI=1S/C19H34N6O2S.HI/c1-4-26-9-5-8-20-18(21-13-17-24-23-15(2)25(17)3)22-16-6-10-27-19(12-16)7-11-28-14-19;/h16H,4-14H2,1-3H3,(H2,20,21,22);1H. The van der Waals surface area contributed by atoms with Crippen molar-refractivity contribution < 1.29 is 9.47 Å². The molecule has 2 aliphatic heterocycles. The fourth-order valence-electron chi connectivity index (χ4n) is 3.62. The van der Waals surface area contributed by atoms with Gasteiger partial charge in [0.2, 0.25) is 0 Å². The molecule has 2 unspecified atom stereocenters. The van der Waals surface area contributed by atoms with E-state index in [1.807, 2.05) is 37.2 Å². The second kappa shape index (κ2) is 12.3. The Morgan fingerprint density at radius 1 is 1.45 bits per heavy atom. The molecule has 1 aromatic heterocycles. The highest BCUT2D eigenvalue weighted by atomic mass is 127. The number of aliphatic imine (C=N–C) groups is 1. The molecule has 1 spiro atoms. The van der Waals surface area contributed by atoms with Crippen LogP contribution in [0.3, 0.4) is 0 Å². The van der Waals surface area contributed by atoms with Crippen molar-refractivity contribution in [3.05, 3.63) is 11.6 Å². The van der Waals surface area contributed by atoms with Crippen LogP contribution in [0.4, 0.5) is 0 Å². The number of thioether (sulfide) groups is 1. The molecule has 0 aromatic carbocycles. The summed E-state index contributed by atoms with van der Waals surface area (Å²) in [5, 5.41) is 15.4. The van der Waals surface area contributed by atoms with Crippen LogP contribution in [-0.2, 0) is 23.1 Å². The van der Waals surface area contributed by atoms with Crippen LogP contribution in [0.5, 0.6) is 0 Å². The van der Waals surface area contributed by atoms with E-state index >= 15 is 0 Å². The lowest BCUT2D eigenvalue weighted by Gasteiger charge is -2.38. The molecule has 0 bridgehead atoms. The average molecular weight is 539 g/mol. The zero-order chi connectivity index (χ0) is 19.8. The Labute approximate surface area is 195 Å². The molecular formula is C19H35IN6O2S. The fourth-order valence-corrected chi connectivity index (χ4v) is 5.00. The molecule has 2 atom stereocenters. The maximum Gasteiger partial charge on any atom is 0.191 e. The molecule has 0 amide bonds. The molecule has 8 nitrogen and oxygen atoms in total. The molecule has 3 rings (SSSR count). The van der Waals surface area contributed by atoms with Crippen molar-refractivity contribution in [1.82, 2.24) is 25.4 Å². The average Bonchev–Trinajstić information content (AvgIpc) is 3.26. The quantitative estimate of drug-likeness (QED) is 0.227. The largest absolute Gasteiger partial charge is 0.382 e. The summed E-state index contributed by atoms with van der Waals surface area (Å²) in [6.07, 6.45) is 4.16. The molecule has 0 aliphatic carbocycles. The molecule has 0 radical (unpaired) electrons. The Balaban J connectivity index is 0.00000300. The van der Waals surface area contributed by atoms with E-state index in [0.29, 0.717) is 12.6 Å². The van der Waals surface area contributed by atoms with Gasteiger partial charge in [-0.05, 0) is 45.3 Å². The molecule has 2 N–H and O–H groups in total. The number of rotatable bonds is 8. The number of nitrogens with one attached hydrogen (secondary N) is 2. The first-order chi connectivity index (χ1) is 13.6. The molecule has 1 aromatic rings. The minimum absolute atomic E-state index is 0. The van der Waals surface area contributed by atoms with Gasteiger partial charge in [-0.25, -0.2) is 4.99 Å². The molecule has 29 heavy (non-hydrogen) atoms. The van der Waals surface area contributed by atoms with Gasteiger partial charge in [-0.2, -0.15) is 11.8 Å². The van der Waals surface area contributed by atoms with Gasteiger partial charge in [0.05, 0.1) is 5.60 Å². The van der Waals surface area contributed by atoms with Crippen LogP contribution < -0.4 is 10.6 Å². The van der Waals surface area contributed by atoms with Crippen LogP contribution in [0.1, 0.15) is 44.3 Å². The van der Waals surface area contributed by atoms with E-state index in [-0.39, 0.29) is 29.6 Å². The van der Waals surface area contributed by atoms with Crippen molar-refractivity contribution in [2.75, 3.05) is 37.9 Å². The Kier molecular flexibility index (Phi) is 10.5. The van der Waals surface area contributed by atoms with Gasteiger partial charge in [0.1, 0.15) is 12.4 Å². The number of guanidine groups is 1. The van der Waals surface area contributed by atoms with Crippen LogP contribution in [0, 0.1) is 6.92 Å². The highest BCUT2D eigenvalue weighted by Crippen LogP contribution is 2.38. The van der Waals surface area contributed by atoms with Crippen molar-refractivity contribution in [3.8, 4) is 0 Å². The second-order valence-electron chi connectivity index (χ2n) is 7.53. The van der Waals surface area contributed by atoms with E-state index < -0.39 is 0 Å². The highest BCUT2D eigenvalue weighted by molar-refractivity contribution is 14.0. The third kappa shape index (κ3) is 7.25. The first kappa shape index (κ1) is 24.7. The van der Waals surface area contributed by atoms with Gasteiger partial charge in [-0.1, -0.05) is 0 Å². The van der Waals surface area contributed by atoms with E-state index in [9.17, 15) is 0 Å². The zero-order valence-electron chi connectivity index (χ0n) is 17.8. The van der Waals surface area contributed by atoms with Crippen LogP contribution >= 0.6 is 35.7 Å². The topological polar surface area (TPSA) is 85.6 Å². The Bertz CT molecular complexity index is 651. The molecule has 10 heteroatoms. The van der Waals surface area contributed by atoms with Gasteiger partial charge in [-0.3, -0.25) is 0 Å². The predicted octanol–water partition coefficient (Wildman–Crippen LogP) is 2.26. The first-order valence-electron chi connectivity index (χ1n) is 10.3. The number of aromatic nitrogens is 3. The summed E-state index contributed by atoms with van der Waals surface area (Å²) < 4.78 is 13.6. The van der Waals surface area contributed by atoms with Gasteiger partial charge < -0.3 is 24.7 Å². The lowest BCUT2D eigenvalue weighted by Crippen LogP contribution is -2.51. The molecule has 3 heterocycles. The first-order valence-corrected chi connectivity index (χ1v) is 11.5. The van der Waals surface area contributed by atoms with E-state index in [0.717, 1.165) is 75.4 Å². The van der Waals surface area contributed by atoms with Crippen LogP contribution in [-0.4, -0.2) is 70.2 Å². The van der Waals surface area contributed by atoms with Crippen LogP contribution in [0.15, 0.2) is 4.99 Å². The number of ether oxygens (including phenoxy) is 2. The van der Waals surface area contributed by atoms with Crippen molar-refractivity contribution >= 4 is 41.7 Å². The summed E-state index contributed by atoms with van der Waals surface area (Å²) in [5.41, 5.74) is 0.0569. The van der Waals surface area contributed by atoms with E-state index in [2.05, 4.69) is 20.8 Å². The molecular weight excluding hydrogens is 503 g/mol. The van der Waals surface area contributed by atoms with Gasteiger partial charge in [0.15, 0.2) is 11.8 Å². The summed E-state index contributed by atoms with van der Waals surface area (Å²) in [7, 11) is 1.97. The van der Waals surface area contributed by atoms with Gasteiger partial charge >= 0.3 is 0 Å². The molecule has 2 saturated heterocycles. The number of nitrogens with zero attached hydrogens (tertiary/aromatic N) is 4. The van der Waals surface area contributed by atoms with E-state index in [4.69, 9.17) is 14.5 Å². The van der Waals surface area contributed by atoms with Crippen LogP contribution in [0.2, 0.25) is 0 Å². The minimum atomic E-state index is 0. The summed E-state index contributed by atoms with van der Waals surface area (Å²) in [6, 6.07) is 0.381. The molecule has 2 aliphatic rings. The van der Waals surface area contributed by atoms with Crippen LogP contribution in [0.25, 0.3) is 0 Å². The molecule has 2 fully saturated rings. The van der Waals surface area contributed by atoms with E-state index in [1.165, 1.54) is 5.75 Å². The smallest absolute Gasteiger partial charge is 0.191 e. The van der Waals surface area contributed by atoms with Crippen molar-refractivity contribution in [3.63, 3.8) is 0 Å². The minimum Gasteiger partial charge on any atom is -0.382 e. The fraction of sp³-hybridized carbons (Fsp3) is 0.842. The monoisotopic (exact) mass is 538 g/mol. The summed E-state index contributed by atoms with van der Waals surface area (Å²) in [6.45, 7) is 7.64. The Morgan fingerprint density at radius 2 is 2.31 bits per heavy atom. The maximum absolute atomic E-state index is 6.15. The SMILES string of the molecule is CCOCCCNC(=NCc1nnc(C)n1C)NC1CCOC2(CCSC2)C1.I. The highest BCUT2D eigenvalue weighted by Gasteiger charge is 2.40. The molecule has 166 valence electrons. The summed E-state index contributed by atoms with van der Waals surface area (Å²) in [4.78, 5) is 4.78. The third-order valence-electron chi connectivity index (χ3n) is 5.42. The van der Waals surface area contributed by atoms with Gasteiger partial charge in [0.25, 0.3) is 0 Å². The number of hydrogen-bond donors (Lipinski definition) is 2. The normalized spacial score (nSPS) is 24.5. The lowest BCUT2D eigenvalue weighted by atomic mass is 9.90. The predicted molar refractivity (Wildman–Crippen MR) is 128 cm³/mol. The van der Waals surface area contributed by atoms with Gasteiger partial charge in [0, 0.05) is 45.2 Å². The lowest BCUT2D eigenvalue weighted by molar-refractivity contribution is -0.0679. The number of aryl methyl sites for hydroxylation is 1. The second-order valence-corrected chi connectivity index (χ2v) is 8.64. The Morgan fingerprint density at radius 3 is 3.00 bits per heavy atom. The Hall–Kier alpha value is -0.590. The number of halogens is 1. The maximum atomic E-state index is 6.15. The number of hydrogen-bond acceptors (Lipinski definition) is 6.